The molecule has 2 rings (SSSR count). The standard InChI is InChI=1S/C18H25NO3/c1-11-6-7-12(2)14(10-11)19-15(20)13-8-9-18(5,16(21)22)17(13,3)4/h6-7,10,13H,8-9H2,1-5H3,(H,19,20)(H,21,22)/p-1/t13-,18-/m1/s1. The molecule has 2 atom stereocenters. The molecule has 0 aromatic heterocycles. The van der Waals surface area contributed by atoms with Gasteiger partial charge in [0.15, 0.2) is 0 Å². The third-order valence-corrected chi connectivity index (χ3v) is 5.64. The third-order valence-electron chi connectivity index (χ3n) is 5.64. The highest BCUT2D eigenvalue weighted by molar-refractivity contribution is 5.95. The monoisotopic (exact) mass is 302 g/mol. The van der Waals surface area contributed by atoms with Crippen LogP contribution in [0.5, 0.6) is 0 Å². The molecule has 0 spiro atoms. The van der Waals surface area contributed by atoms with Crippen molar-refractivity contribution in [2.75, 3.05) is 5.32 Å². The van der Waals surface area contributed by atoms with Gasteiger partial charge in [-0.3, -0.25) is 4.79 Å². The topological polar surface area (TPSA) is 69.2 Å². The van der Waals surface area contributed by atoms with Crippen LogP contribution < -0.4 is 10.4 Å². The van der Waals surface area contributed by atoms with Crippen molar-refractivity contribution in [2.24, 2.45) is 16.7 Å². The molecule has 1 aromatic rings. The second-order valence-corrected chi connectivity index (χ2v) is 7.24. The predicted octanol–water partition coefficient (Wildman–Crippen LogP) is 2.43. The van der Waals surface area contributed by atoms with Crippen LogP contribution in [-0.2, 0) is 9.59 Å². The second-order valence-electron chi connectivity index (χ2n) is 7.24. The van der Waals surface area contributed by atoms with Crippen molar-refractivity contribution in [2.45, 2.75) is 47.5 Å². The molecule has 1 amide bonds. The number of hydrogen-bond acceptors (Lipinski definition) is 3. The quantitative estimate of drug-likeness (QED) is 0.932. The summed E-state index contributed by atoms with van der Waals surface area (Å²) in [7, 11) is 0. The molecule has 0 bridgehead atoms. The zero-order valence-corrected chi connectivity index (χ0v) is 13.9. The van der Waals surface area contributed by atoms with E-state index in [2.05, 4.69) is 5.32 Å². The van der Waals surface area contributed by atoms with Crippen LogP contribution in [0, 0.1) is 30.6 Å². The van der Waals surface area contributed by atoms with E-state index in [-0.39, 0.29) is 11.8 Å². The van der Waals surface area contributed by atoms with E-state index in [9.17, 15) is 14.7 Å². The molecule has 120 valence electrons. The summed E-state index contributed by atoms with van der Waals surface area (Å²) >= 11 is 0. The molecule has 0 unspecified atom stereocenters. The van der Waals surface area contributed by atoms with Crippen LogP contribution >= 0.6 is 0 Å². The molecule has 4 nitrogen and oxygen atoms in total. The van der Waals surface area contributed by atoms with E-state index in [1.165, 1.54) is 0 Å². The average molecular weight is 302 g/mol. The third kappa shape index (κ3) is 2.51. The lowest BCUT2D eigenvalue weighted by Gasteiger charge is -2.42. The Morgan fingerprint density at radius 3 is 2.41 bits per heavy atom. The fraction of sp³-hybridized carbons (Fsp3) is 0.556. The van der Waals surface area contributed by atoms with Gasteiger partial charge in [-0.2, -0.15) is 0 Å². The highest BCUT2D eigenvalue weighted by Crippen LogP contribution is 2.55. The Bertz CT molecular complexity index is 621. The zero-order chi connectivity index (χ0) is 16.7. The van der Waals surface area contributed by atoms with Gasteiger partial charge in [-0.25, -0.2) is 0 Å². The first-order chi connectivity index (χ1) is 10.1. The molecular formula is C18H24NO3-. The molecule has 0 aliphatic heterocycles. The Morgan fingerprint density at radius 2 is 1.86 bits per heavy atom. The first-order valence-corrected chi connectivity index (χ1v) is 7.69. The van der Waals surface area contributed by atoms with E-state index in [4.69, 9.17) is 0 Å². The van der Waals surface area contributed by atoms with Gasteiger partial charge in [0.05, 0.1) is 0 Å². The van der Waals surface area contributed by atoms with Gasteiger partial charge in [-0.15, -0.1) is 0 Å². The Kier molecular flexibility index (Phi) is 4.07. The number of anilines is 1. The largest absolute Gasteiger partial charge is 0.550 e. The van der Waals surface area contributed by atoms with E-state index < -0.39 is 16.8 Å². The van der Waals surface area contributed by atoms with E-state index >= 15 is 0 Å². The lowest BCUT2D eigenvalue weighted by atomic mass is 9.65. The van der Waals surface area contributed by atoms with Crippen molar-refractivity contribution < 1.29 is 14.7 Å². The molecule has 1 saturated carbocycles. The van der Waals surface area contributed by atoms with Gasteiger partial charge < -0.3 is 15.2 Å². The molecule has 0 heterocycles. The number of aliphatic carboxylic acids is 1. The summed E-state index contributed by atoms with van der Waals surface area (Å²) in [5.41, 5.74) is 1.25. The van der Waals surface area contributed by atoms with Crippen molar-refractivity contribution in [1.29, 1.82) is 0 Å². The number of carbonyl (C=O) groups excluding carboxylic acids is 2. The molecule has 1 fully saturated rings. The van der Waals surface area contributed by atoms with Gasteiger partial charge in [0.25, 0.3) is 0 Å². The number of rotatable bonds is 3. The summed E-state index contributed by atoms with van der Waals surface area (Å²) < 4.78 is 0. The van der Waals surface area contributed by atoms with Gasteiger partial charge in [-0.05, 0) is 49.3 Å². The van der Waals surface area contributed by atoms with Crippen molar-refractivity contribution in [3.8, 4) is 0 Å². The van der Waals surface area contributed by atoms with Crippen LogP contribution in [0.1, 0.15) is 44.7 Å². The van der Waals surface area contributed by atoms with Crippen molar-refractivity contribution in [1.82, 2.24) is 0 Å². The van der Waals surface area contributed by atoms with Gasteiger partial charge in [0.1, 0.15) is 0 Å². The highest BCUT2D eigenvalue weighted by atomic mass is 16.4. The van der Waals surface area contributed by atoms with Gasteiger partial charge >= 0.3 is 0 Å². The summed E-state index contributed by atoms with van der Waals surface area (Å²) in [6.07, 6.45) is 1.03. The average Bonchev–Trinajstić information content (AvgIpc) is 2.66. The smallest absolute Gasteiger partial charge is 0.228 e. The van der Waals surface area contributed by atoms with Crippen LogP contribution in [0.4, 0.5) is 5.69 Å². The number of carboxylic acids is 1. The van der Waals surface area contributed by atoms with E-state index in [0.717, 1.165) is 16.8 Å². The summed E-state index contributed by atoms with van der Waals surface area (Å²) in [5, 5.41) is 14.5. The lowest BCUT2D eigenvalue weighted by molar-refractivity contribution is -0.323. The Morgan fingerprint density at radius 1 is 1.23 bits per heavy atom. The number of carboxylic acid groups (broad SMARTS) is 1. The summed E-state index contributed by atoms with van der Waals surface area (Å²) in [4.78, 5) is 24.2. The zero-order valence-electron chi connectivity index (χ0n) is 13.9. The van der Waals surface area contributed by atoms with Crippen LogP contribution in [0.15, 0.2) is 18.2 Å². The van der Waals surface area contributed by atoms with Crippen LogP contribution in [0.3, 0.4) is 0 Å². The second kappa shape index (κ2) is 5.41. The molecule has 1 aromatic carbocycles. The number of carbonyl (C=O) groups is 2. The number of nitrogens with one attached hydrogen (secondary N) is 1. The first-order valence-electron chi connectivity index (χ1n) is 7.69. The molecule has 1 aliphatic rings. The maximum atomic E-state index is 12.7. The lowest BCUT2D eigenvalue weighted by Crippen LogP contribution is -2.49. The van der Waals surface area contributed by atoms with Crippen LogP contribution in [-0.4, -0.2) is 11.9 Å². The Hall–Kier alpha value is -1.84. The van der Waals surface area contributed by atoms with E-state index in [1.54, 1.807) is 6.92 Å². The van der Waals surface area contributed by atoms with Crippen LogP contribution in [0.25, 0.3) is 0 Å². The van der Waals surface area contributed by atoms with Gasteiger partial charge in [0, 0.05) is 23.0 Å². The molecule has 1 N–H and O–H groups in total. The molecular weight excluding hydrogens is 278 g/mol. The Balaban J connectivity index is 2.24. The minimum absolute atomic E-state index is 0.108. The fourth-order valence-electron chi connectivity index (χ4n) is 3.41. The number of hydrogen-bond donors (Lipinski definition) is 1. The van der Waals surface area contributed by atoms with Gasteiger partial charge in [-0.1, -0.05) is 32.9 Å². The van der Waals surface area contributed by atoms with E-state index in [1.807, 2.05) is 45.9 Å². The fourth-order valence-corrected chi connectivity index (χ4v) is 3.41. The number of benzene rings is 1. The maximum Gasteiger partial charge on any atom is 0.228 e. The summed E-state index contributed by atoms with van der Waals surface area (Å²) in [6.45, 7) is 9.31. The first kappa shape index (κ1) is 16.5. The minimum atomic E-state index is -1.07. The summed E-state index contributed by atoms with van der Waals surface area (Å²) in [5.74, 6) is -1.52. The molecule has 22 heavy (non-hydrogen) atoms. The number of amides is 1. The maximum absolute atomic E-state index is 12.7. The molecule has 4 heteroatoms. The van der Waals surface area contributed by atoms with Crippen molar-refractivity contribution in [3.05, 3.63) is 29.3 Å². The van der Waals surface area contributed by atoms with Gasteiger partial charge in [0.2, 0.25) is 5.91 Å². The Labute approximate surface area is 131 Å². The highest BCUT2D eigenvalue weighted by Gasteiger charge is 2.54. The summed E-state index contributed by atoms with van der Waals surface area (Å²) in [6, 6.07) is 5.90. The number of aryl methyl sites for hydroxylation is 2. The van der Waals surface area contributed by atoms with E-state index in [0.29, 0.717) is 12.8 Å². The molecule has 0 radical (unpaired) electrons. The molecule has 1 aliphatic carbocycles. The molecule has 0 saturated heterocycles. The van der Waals surface area contributed by atoms with Crippen molar-refractivity contribution >= 4 is 17.6 Å². The predicted molar refractivity (Wildman–Crippen MR) is 84.2 cm³/mol. The normalized spacial score (nSPS) is 26.7. The minimum Gasteiger partial charge on any atom is -0.550 e. The SMILES string of the molecule is Cc1ccc(C)c(NC(=O)[C@H]2CC[C@](C)(C(=O)[O-])C2(C)C)c1. The van der Waals surface area contributed by atoms with Crippen molar-refractivity contribution in [3.63, 3.8) is 0 Å². The van der Waals surface area contributed by atoms with Crippen LogP contribution in [0.2, 0.25) is 0 Å².